The van der Waals surface area contributed by atoms with Gasteiger partial charge in [0.2, 0.25) is 0 Å². The molecule has 1 atom stereocenters. The molecule has 0 amide bonds. The molecular weight excluding hydrogens is 214 g/mol. The van der Waals surface area contributed by atoms with Gasteiger partial charge in [-0.05, 0) is 51.4 Å². The summed E-state index contributed by atoms with van der Waals surface area (Å²) in [7, 11) is 1.67. The van der Waals surface area contributed by atoms with Crippen molar-refractivity contribution >= 4 is 0 Å². The van der Waals surface area contributed by atoms with Crippen molar-refractivity contribution in [3.05, 3.63) is 29.8 Å². The minimum absolute atomic E-state index is 0.0840. The van der Waals surface area contributed by atoms with E-state index < -0.39 is 5.60 Å². The molecule has 0 aliphatic rings. The standard InChI is InChI=1S/C14H23NO2/c1-11(14(2,3)16)15-10-9-12-5-7-13(17-4)8-6-12/h5-8,11,15-16H,9-10H2,1-4H3. The lowest BCUT2D eigenvalue weighted by atomic mass is 10.0. The smallest absolute Gasteiger partial charge is 0.118 e. The summed E-state index contributed by atoms with van der Waals surface area (Å²) < 4.78 is 5.11. The zero-order valence-corrected chi connectivity index (χ0v) is 11.2. The molecule has 0 aliphatic heterocycles. The van der Waals surface area contributed by atoms with E-state index >= 15 is 0 Å². The van der Waals surface area contributed by atoms with E-state index in [1.165, 1.54) is 5.56 Å². The molecule has 0 heterocycles. The molecule has 3 nitrogen and oxygen atoms in total. The summed E-state index contributed by atoms with van der Waals surface area (Å²) in [5.41, 5.74) is 0.584. The summed E-state index contributed by atoms with van der Waals surface area (Å²) in [5, 5.41) is 13.1. The van der Waals surface area contributed by atoms with Crippen LogP contribution in [-0.2, 0) is 6.42 Å². The van der Waals surface area contributed by atoms with E-state index in [-0.39, 0.29) is 6.04 Å². The molecule has 0 fully saturated rings. The molecule has 0 aliphatic carbocycles. The molecule has 0 radical (unpaired) electrons. The van der Waals surface area contributed by atoms with Crippen LogP contribution in [0.3, 0.4) is 0 Å². The Morgan fingerprint density at radius 3 is 2.35 bits per heavy atom. The first-order valence-electron chi connectivity index (χ1n) is 6.02. The highest BCUT2D eigenvalue weighted by Crippen LogP contribution is 2.12. The zero-order valence-electron chi connectivity index (χ0n) is 11.2. The normalized spacial score (nSPS) is 13.5. The van der Waals surface area contributed by atoms with Crippen LogP contribution in [0, 0.1) is 0 Å². The predicted molar refractivity (Wildman–Crippen MR) is 70.5 cm³/mol. The Hall–Kier alpha value is -1.06. The van der Waals surface area contributed by atoms with Crippen LogP contribution in [0.2, 0.25) is 0 Å². The molecule has 96 valence electrons. The Bertz CT molecular complexity index is 327. The highest BCUT2D eigenvalue weighted by atomic mass is 16.5. The van der Waals surface area contributed by atoms with Crippen molar-refractivity contribution in [1.82, 2.24) is 5.32 Å². The first-order valence-corrected chi connectivity index (χ1v) is 6.02. The predicted octanol–water partition coefficient (Wildman–Crippen LogP) is 1.99. The minimum Gasteiger partial charge on any atom is -0.497 e. The van der Waals surface area contributed by atoms with Crippen LogP contribution in [0.1, 0.15) is 26.3 Å². The summed E-state index contributed by atoms with van der Waals surface area (Å²) in [6.07, 6.45) is 0.949. The zero-order chi connectivity index (χ0) is 12.9. The van der Waals surface area contributed by atoms with E-state index in [4.69, 9.17) is 4.74 Å². The van der Waals surface area contributed by atoms with Crippen molar-refractivity contribution in [3.63, 3.8) is 0 Å². The van der Waals surface area contributed by atoms with E-state index in [9.17, 15) is 5.11 Å². The molecule has 0 saturated heterocycles. The third-order valence-electron chi connectivity index (χ3n) is 3.08. The molecular formula is C14H23NO2. The number of aliphatic hydroxyl groups is 1. The third-order valence-corrected chi connectivity index (χ3v) is 3.08. The van der Waals surface area contributed by atoms with Gasteiger partial charge in [0.25, 0.3) is 0 Å². The topological polar surface area (TPSA) is 41.5 Å². The second-order valence-electron chi connectivity index (χ2n) is 4.93. The molecule has 0 aromatic heterocycles. The van der Waals surface area contributed by atoms with Crippen molar-refractivity contribution in [3.8, 4) is 5.75 Å². The molecule has 1 aromatic carbocycles. The van der Waals surface area contributed by atoms with Gasteiger partial charge in [0.15, 0.2) is 0 Å². The Kier molecular flexibility index (Phi) is 4.97. The quantitative estimate of drug-likeness (QED) is 0.795. The highest BCUT2D eigenvalue weighted by Gasteiger charge is 2.20. The van der Waals surface area contributed by atoms with Gasteiger partial charge in [-0.3, -0.25) is 0 Å². The van der Waals surface area contributed by atoms with Crippen LogP contribution in [-0.4, -0.2) is 30.4 Å². The van der Waals surface area contributed by atoms with Crippen LogP contribution in [0.15, 0.2) is 24.3 Å². The summed E-state index contributed by atoms with van der Waals surface area (Å²) in [5.74, 6) is 0.881. The lowest BCUT2D eigenvalue weighted by Crippen LogP contribution is -2.45. The molecule has 0 bridgehead atoms. The summed E-state index contributed by atoms with van der Waals surface area (Å²) in [6.45, 7) is 6.49. The molecule has 0 spiro atoms. The van der Waals surface area contributed by atoms with Gasteiger partial charge in [-0.25, -0.2) is 0 Å². The second kappa shape index (κ2) is 6.03. The number of rotatable bonds is 6. The molecule has 1 aromatic rings. The van der Waals surface area contributed by atoms with E-state index in [1.54, 1.807) is 7.11 Å². The van der Waals surface area contributed by atoms with Crippen LogP contribution in [0.4, 0.5) is 0 Å². The number of nitrogens with one attached hydrogen (secondary N) is 1. The number of benzene rings is 1. The number of hydrogen-bond acceptors (Lipinski definition) is 3. The maximum absolute atomic E-state index is 9.77. The fourth-order valence-corrected chi connectivity index (χ4v) is 1.47. The van der Waals surface area contributed by atoms with E-state index in [1.807, 2.05) is 32.9 Å². The first kappa shape index (κ1) is 14.0. The average molecular weight is 237 g/mol. The van der Waals surface area contributed by atoms with Gasteiger partial charge < -0.3 is 15.2 Å². The largest absolute Gasteiger partial charge is 0.497 e. The van der Waals surface area contributed by atoms with Gasteiger partial charge in [0.05, 0.1) is 12.7 Å². The third kappa shape index (κ3) is 4.75. The molecule has 2 N–H and O–H groups in total. The molecule has 1 unspecified atom stereocenters. The molecule has 3 heteroatoms. The van der Waals surface area contributed by atoms with Crippen molar-refractivity contribution < 1.29 is 9.84 Å². The number of methoxy groups -OCH3 is 1. The van der Waals surface area contributed by atoms with Crippen LogP contribution in [0.25, 0.3) is 0 Å². The van der Waals surface area contributed by atoms with Crippen molar-refractivity contribution in [2.75, 3.05) is 13.7 Å². The lowest BCUT2D eigenvalue weighted by molar-refractivity contribution is 0.0446. The maximum atomic E-state index is 9.77. The SMILES string of the molecule is COc1ccc(CCNC(C)C(C)(C)O)cc1. The van der Waals surface area contributed by atoms with Crippen LogP contribution < -0.4 is 10.1 Å². The average Bonchev–Trinajstić information content (AvgIpc) is 2.28. The van der Waals surface area contributed by atoms with E-state index in [0.717, 1.165) is 18.7 Å². The van der Waals surface area contributed by atoms with Gasteiger partial charge in [-0.1, -0.05) is 12.1 Å². The second-order valence-corrected chi connectivity index (χ2v) is 4.93. The van der Waals surface area contributed by atoms with Crippen LogP contribution in [0.5, 0.6) is 5.75 Å². The van der Waals surface area contributed by atoms with E-state index in [0.29, 0.717) is 0 Å². The molecule has 17 heavy (non-hydrogen) atoms. The summed E-state index contributed by atoms with van der Waals surface area (Å²) >= 11 is 0. The maximum Gasteiger partial charge on any atom is 0.118 e. The Morgan fingerprint density at radius 1 is 1.29 bits per heavy atom. The van der Waals surface area contributed by atoms with Gasteiger partial charge in [0, 0.05) is 6.04 Å². The number of ether oxygens (including phenoxy) is 1. The Morgan fingerprint density at radius 2 is 1.88 bits per heavy atom. The van der Waals surface area contributed by atoms with Crippen LogP contribution >= 0.6 is 0 Å². The first-order chi connectivity index (χ1) is 7.93. The van der Waals surface area contributed by atoms with Gasteiger partial charge in [0.1, 0.15) is 5.75 Å². The van der Waals surface area contributed by atoms with Crippen molar-refractivity contribution in [1.29, 1.82) is 0 Å². The van der Waals surface area contributed by atoms with Gasteiger partial charge >= 0.3 is 0 Å². The fraction of sp³-hybridized carbons (Fsp3) is 0.571. The monoisotopic (exact) mass is 237 g/mol. The van der Waals surface area contributed by atoms with Gasteiger partial charge in [-0.15, -0.1) is 0 Å². The minimum atomic E-state index is -0.681. The highest BCUT2D eigenvalue weighted by molar-refractivity contribution is 5.27. The fourth-order valence-electron chi connectivity index (χ4n) is 1.47. The molecule has 0 saturated carbocycles. The summed E-state index contributed by atoms with van der Waals surface area (Å²) in [6, 6.07) is 8.15. The van der Waals surface area contributed by atoms with Gasteiger partial charge in [-0.2, -0.15) is 0 Å². The summed E-state index contributed by atoms with van der Waals surface area (Å²) in [4.78, 5) is 0. The molecule has 1 rings (SSSR count). The van der Waals surface area contributed by atoms with Crippen molar-refractivity contribution in [2.45, 2.75) is 38.8 Å². The van der Waals surface area contributed by atoms with E-state index in [2.05, 4.69) is 17.4 Å². The van der Waals surface area contributed by atoms with Crippen molar-refractivity contribution in [2.24, 2.45) is 0 Å². The lowest BCUT2D eigenvalue weighted by Gasteiger charge is -2.26. The Balaban J connectivity index is 2.35. The Labute approximate surface area is 104 Å². The number of hydrogen-bond donors (Lipinski definition) is 2.